The Hall–Kier alpha value is -1.09. The van der Waals surface area contributed by atoms with Crippen LogP contribution >= 0.6 is 0 Å². The van der Waals surface area contributed by atoms with Crippen molar-refractivity contribution in [2.75, 3.05) is 24.5 Å². The van der Waals surface area contributed by atoms with Gasteiger partial charge in [-0.05, 0) is 32.4 Å². The highest BCUT2D eigenvalue weighted by Gasteiger charge is 2.17. The molecule has 0 bridgehead atoms. The smallest absolute Gasteiger partial charge is 0.133 e. The number of pyridine rings is 1. The van der Waals surface area contributed by atoms with Gasteiger partial charge in [0.05, 0.1) is 0 Å². The Kier molecular flexibility index (Phi) is 7.60. The zero-order valence-electron chi connectivity index (χ0n) is 13.8. The number of anilines is 1. The lowest BCUT2D eigenvalue weighted by atomic mass is 10.0. The predicted octanol–water partition coefficient (Wildman–Crippen LogP) is 4.01. The molecule has 0 aliphatic heterocycles. The lowest BCUT2D eigenvalue weighted by molar-refractivity contribution is 0.482. The lowest BCUT2D eigenvalue weighted by Crippen LogP contribution is -2.32. The molecule has 1 N–H and O–H groups in total. The highest BCUT2D eigenvalue weighted by atomic mass is 15.2. The van der Waals surface area contributed by atoms with Gasteiger partial charge >= 0.3 is 0 Å². The summed E-state index contributed by atoms with van der Waals surface area (Å²) in [5.41, 5.74) is 1.31. The molecule has 0 amide bonds. The molecule has 0 aliphatic carbocycles. The largest absolute Gasteiger partial charge is 0.356 e. The highest BCUT2D eigenvalue weighted by Crippen LogP contribution is 2.25. The van der Waals surface area contributed by atoms with E-state index in [-0.39, 0.29) is 0 Å². The highest BCUT2D eigenvalue weighted by molar-refractivity contribution is 5.48. The molecule has 1 heterocycles. The van der Waals surface area contributed by atoms with Gasteiger partial charge in [0.2, 0.25) is 0 Å². The molecule has 0 spiro atoms. The van der Waals surface area contributed by atoms with Crippen molar-refractivity contribution in [2.45, 2.75) is 53.5 Å². The molecular formula is C17H31N3. The summed E-state index contributed by atoms with van der Waals surface area (Å²) in [5, 5.41) is 3.50. The number of hydrogen-bond acceptors (Lipinski definition) is 3. The predicted molar refractivity (Wildman–Crippen MR) is 88.3 cm³/mol. The Morgan fingerprint density at radius 3 is 2.45 bits per heavy atom. The monoisotopic (exact) mass is 277 g/mol. The minimum atomic E-state index is 0.347. The van der Waals surface area contributed by atoms with E-state index in [0.29, 0.717) is 6.04 Å². The third-order valence-corrected chi connectivity index (χ3v) is 4.11. The molecular weight excluding hydrogens is 246 g/mol. The second kappa shape index (κ2) is 8.96. The first-order valence-electron chi connectivity index (χ1n) is 8.10. The van der Waals surface area contributed by atoms with E-state index in [1.807, 2.05) is 12.3 Å². The average molecular weight is 277 g/mol. The van der Waals surface area contributed by atoms with Crippen molar-refractivity contribution in [1.82, 2.24) is 10.3 Å². The summed E-state index contributed by atoms with van der Waals surface area (Å²) in [5.74, 6) is 1.90. The van der Waals surface area contributed by atoms with E-state index in [4.69, 9.17) is 0 Å². The van der Waals surface area contributed by atoms with Gasteiger partial charge in [-0.1, -0.05) is 39.7 Å². The third kappa shape index (κ3) is 4.48. The van der Waals surface area contributed by atoms with Crippen LogP contribution in [0.25, 0.3) is 0 Å². The Morgan fingerprint density at radius 2 is 1.90 bits per heavy atom. The summed E-state index contributed by atoms with van der Waals surface area (Å²) in [4.78, 5) is 7.09. The number of aromatic nitrogens is 1. The second-order valence-electron chi connectivity index (χ2n) is 5.42. The van der Waals surface area contributed by atoms with Crippen LogP contribution in [0.2, 0.25) is 0 Å². The van der Waals surface area contributed by atoms with Gasteiger partial charge in [0.15, 0.2) is 0 Å². The van der Waals surface area contributed by atoms with Crippen molar-refractivity contribution in [3.05, 3.63) is 23.9 Å². The Morgan fingerprint density at radius 1 is 1.20 bits per heavy atom. The third-order valence-electron chi connectivity index (χ3n) is 4.11. The zero-order chi connectivity index (χ0) is 15.0. The minimum absolute atomic E-state index is 0.347. The Bertz CT molecular complexity index is 374. The second-order valence-corrected chi connectivity index (χ2v) is 5.42. The van der Waals surface area contributed by atoms with Crippen LogP contribution < -0.4 is 10.2 Å². The molecule has 3 heteroatoms. The van der Waals surface area contributed by atoms with Crippen molar-refractivity contribution in [3.63, 3.8) is 0 Å². The standard InChI is InChI=1S/C17H31N3/c1-6-15(7-2)13-20(9-4)17-16(11-10-12-19-17)14(5)18-8-3/h10-12,14-15,18H,6-9,13H2,1-5H3. The number of nitrogens with one attached hydrogen (secondary N) is 1. The molecule has 0 aliphatic rings. The number of rotatable bonds is 9. The van der Waals surface area contributed by atoms with Crippen molar-refractivity contribution in [1.29, 1.82) is 0 Å². The fourth-order valence-electron chi connectivity index (χ4n) is 2.65. The van der Waals surface area contributed by atoms with Gasteiger partial charge in [0, 0.05) is 30.9 Å². The first kappa shape index (κ1) is 17.0. The van der Waals surface area contributed by atoms with Crippen molar-refractivity contribution in [3.8, 4) is 0 Å². The lowest BCUT2D eigenvalue weighted by Gasteiger charge is -2.29. The molecule has 1 atom stereocenters. The fraction of sp³-hybridized carbons (Fsp3) is 0.706. The zero-order valence-corrected chi connectivity index (χ0v) is 13.8. The average Bonchev–Trinajstić information content (AvgIpc) is 2.49. The Balaban J connectivity index is 2.96. The summed E-state index contributed by atoms with van der Waals surface area (Å²) < 4.78 is 0. The molecule has 0 saturated heterocycles. The van der Waals surface area contributed by atoms with Gasteiger partial charge in [-0.15, -0.1) is 0 Å². The molecule has 20 heavy (non-hydrogen) atoms. The molecule has 0 fully saturated rings. The fourth-order valence-corrected chi connectivity index (χ4v) is 2.65. The van der Waals surface area contributed by atoms with Crippen molar-refractivity contribution < 1.29 is 0 Å². The molecule has 1 aromatic rings. The van der Waals surface area contributed by atoms with E-state index >= 15 is 0 Å². The molecule has 0 radical (unpaired) electrons. The van der Waals surface area contributed by atoms with E-state index < -0.39 is 0 Å². The van der Waals surface area contributed by atoms with E-state index in [1.54, 1.807) is 0 Å². The molecule has 0 saturated carbocycles. The molecule has 1 unspecified atom stereocenters. The van der Waals surface area contributed by atoms with E-state index in [2.05, 4.69) is 55.9 Å². The van der Waals surface area contributed by atoms with Crippen LogP contribution in [0.15, 0.2) is 18.3 Å². The van der Waals surface area contributed by atoms with Crippen LogP contribution in [-0.4, -0.2) is 24.6 Å². The maximum absolute atomic E-state index is 4.66. The summed E-state index contributed by atoms with van der Waals surface area (Å²) >= 11 is 0. The molecule has 3 nitrogen and oxygen atoms in total. The molecule has 0 aromatic carbocycles. The van der Waals surface area contributed by atoms with Gasteiger partial charge in [0.25, 0.3) is 0 Å². The Labute approximate surface area is 124 Å². The van der Waals surface area contributed by atoms with Crippen LogP contribution in [-0.2, 0) is 0 Å². The SMILES string of the molecule is CCNC(C)c1cccnc1N(CC)CC(CC)CC. The summed E-state index contributed by atoms with van der Waals surface area (Å²) in [7, 11) is 0. The van der Waals surface area contributed by atoms with Gasteiger partial charge in [-0.25, -0.2) is 4.98 Å². The topological polar surface area (TPSA) is 28.2 Å². The van der Waals surface area contributed by atoms with Gasteiger partial charge in [-0.2, -0.15) is 0 Å². The van der Waals surface area contributed by atoms with Gasteiger partial charge in [-0.3, -0.25) is 0 Å². The number of nitrogens with zero attached hydrogens (tertiary/aromatic N) is 2. The van der Waals surface area contributed by atoms with Crippen LogP contribution in [0.1, 0.15) is 59.1 Å². The van der Waals surface area contributed by atoms with Crippen LogP contribution in [0.5, 0.6) is 0 Å². The number of hydrogen-bond donors (Lipinski definition) is 1. The van der Waals surface area contributed by atoms with Gasteiger partial charge < -0.3 is 10.2 Å². The van der Waals surface area contributed by atoms with E-state index in [0.717, 1.165) is 31.4 Å². The van der Waals surface area contributed by atoms with E-state index in [9.17, 15) is 0 Å². The first-order valence-corrected chi connectivity index (χ1v) is 8.10. The summed E-state index contributed by atoms with van der Waals surface area (Å²) in [6, 6.07) is 4.59. The molecule has 114 valence electrons. The molecule has 1 aromatic heterocycles. The first-order chi connectivity index (χ1) is 9.67. The van der Waals surface area contributed by atoms with Crippen LogP contribution in [0, 0.1) is 5.92 Å². The summed E-state index contributed by atoms with van der Waals surface area (Å²) in [6.07, 6.45) is 4.38. The maximum atomic E-state index is 4.66. The van der Waals surface area contributed by atoms with Crippen molar-refractivity contribution in [2.24, 2.45) is 5.92 Å². The molecule has 1 rings (SSSR count). The maximum Gasteiger partial charge on any atom is 0.133 e. The normalized spacial score (nSPS) is 12.7. The van der Waals surface area contributed by atoms with E-state index in [1.165, 1.54) is 18.4 Å². The van der Waals surface area contributed by atoms with Gasteiger partial charge in [0.1, 0.15) is 5.82 Å². The van der Waals surface area contributed by atoms with Crippen molar-refractivity contribution >= 4 is 5.82 Å². The van der Waals surface area contributed by atoms with Crippen LogP contribution in [0.4, 0.5) is 5.82 Å². The minimum Gasteiger partial charge on any atom is -0.356 e. The summed E-state index contributed by atoms with van der Waals surface area (Å²) in [6.45, 7) is 14.2. The van der Waals surface area contributed by atoms with Crippen LogP contribution in [0.3, 0.4) is 0 Å². The quantitative estimate of drug-likeness (QED) is 0.739.